The van der Waals surface area contributed by atoms with Crippen molar-refractivity contribution in [2.45, 2.75) is 33.4 Å². The van der Waals surface area contributed by atoms with Gasteiger partial charge in [0.2, 0.25) is 0 Å². The maximum Gasteiger partial charge on any atom is 0.142 e. The second-order valence-electron chi connectivity index (χ2n) is 4.42. The Kier molecular flexibility index (Phi) is 4.44. The molecule has 0 amide bonds. The Bertz CT molecular complexity index is 522. The highest BCUT2D eigenvalue weighted by Crippen LogP contribution is 2.27. The first-order valence-electron chi connectivity index (χ1n) is 6.75. The Balaban J connectivity index is 2.11. The summed E-state index contributed by atoms with van der Waals surface area (Å²) in [5.41, 5.74) is 2.19. The van der Waals surface area contributed by atoms with Gasteiger partial charge in [0.25, 0.3) is 0 Å². The summed E-state index contributed by atoms with van der Waals surface area (Å²) in [6, 6.07) is 8.20. The second kappa shape index (κ2) is 6.27. The van der Waals surface area contributed by atoms with Crippen LogP contribution < -0.4 is 10.1 Å². The molecule has 1 aromatic carbocycles. The van der Waals surface area contributed by atoms with Crippen molar-refractivity contribution >= 4 is 5.69 Å². The fourth-order valence-electron chi connectivity index (χ4n) is 1.96. The summed E-state index contributed by atoms with van der Waals surface area (Å²) in [7, 11) is 0. The highest BCUT2D eigenvalue weighted by Gasteiger charge is 2.10. The van der Waals surface area contributed by atoms with Crippen LogP contribution >= 0.6 is 0 Å². The molecule has 0 fully saturated rings. The molecule has 0 radical (unpaired) electrons. The molecule has 2 aromatic rings. The fourth-order valence-corrected chi connectivity index (χ4v) is 1.96. The van der Waals surface area contributed by atoms with Crippen molar-refractivity contribution in [1.82, 2.24) is 9.78 Å². The van der Waals surface area contributed by atoms with Gasteiger partial charge in [0, 0.05) is 18.3 Å². The third-order valence-corrected chi connectivity index (χ3v) is 3.04. The van der Waals surface area contributed by atoms with E-state index in [1.54, 1.807) is 0 Å². The van der Waals surface area contributed by atoms with Crippen LogP contribution in [0.3, 0.4) is 0 Å². The summed E-state index contributed by atoms with van der Waals surface area (Å²) in [5.74, 6) is 0.889. The van der Waals surface area contributed by atoms with E-state index in [2.05, 4.69) is 30.5 Å². The molecular weight excluding hydrogens is 238 g/mol. The normalized spacial score (nSPS) is 12.2. The van der Waals surface area contributed by atoms with Gasteiger partial charge < -0.3 is 10.1 Å². The predicted octanol–water partition coefficient (Wildman–Crippen LogP) is 3.47. The topological polar surface area (TPSA) is 39.1 Å². The van der Waals surface area contributed by atoms with E-state index in [0.29, 0.717) is 6.61 Å². The monoisotopic (exact) mass is 259 g/mol. The minimum Gasteiger partial charge on any atom is -0.492 e. The van der Waals surface area contributed by atoms with Crippen LogP contribution in [0.5, 0.6) is 5.75 Å². The summed E-state index contributed by atoms with van der Waals surface area (Å²) in [6.45, 7) is 7.76. The van der Waals surface area contributed by atoms with Crippen molar-refractivity contribution in [2.24, 2.45) is 0 Å². The number of hydrogen-bond acceptors (Lipinski definition) is 3. The number of ether oxygens (including phenoxy) is 1. The number of hydrogen-bond donors (Lipinski definition) is 1. The van der Waals surface area contributed by atoms with Crippen LogP contribution in [-0.4, -0.2) is 16.4 Å². The maximum absolute atomic E-state index is 5.62. The third-order valence-electron chi connectivity index (χ3n) is 3.04. The van der Waals surface area contributed by atoms with E-state index in [1.807, 2.05) is 42.1 Å². The SMILES string of the molecule is CCOc1ccccc1NC(C)c1cnn(CC)c1. The van der Waals surface area contributed by atoms with Crippen LogP contribution in [0.15, 0.2) is 36.7 Å². The molecule has 1 N–H and O–H groups in total. The van der Waals surface area contributed by atoms with Gasteiger partial charge >= 0.3 is 0 Å². The number of anilines is 1. The molecular formula is C15H21N3O. The molecule has 1 atom stereocenters. The van der Waals surface area contributed by atoms with E-state index >= 15 is 0 Å². The van der Waals surface area contributed by atoms with Gasteiger partial charge in [-0.15, -0.1) is 0 Å². The summed E-state index contributed by atoms with van der Waals surface area (Å²) < 4.78 is 7.55. The van der Waals surface area contributed by atoms with Crippen LogP contribution in [-0.2, 0) is 6.54 Å². The standard InChI is InChI=1S/C15H21N3O/c1-4-18-11-13(10-16-18)12(3)17-14-8-6-7-9-15(14)19-5-2/h6-12,17H,4-5H2,1-3H3. The van der Waals surface area contributed by atoms with Gasteiger partial charge in [-0.3, -0.25) is 4.68 Å². The molecule has 2 rings (SSSR count). The highest BCUT2D eigenvalue weighted by molar-refractivity contribution is 5.57. The van der Waals surface area contributed by atoms with E-state index in [-0.39, 0.29) is 6.04 Å². The Labute approximate surface area is 114 Å². The molecule has 0 aliphatic heterocycles. The van der Waals surface area contributed by atoms with Gasteiger partial charge in [0.05, 0.1) is 24.5 Å². The first kappa shape index (κ1) is 13.5. The molecule has 0 saturated carbocycles. The van der Waals surface area contributed by atoms with Gasteiger partial charge in [-0.25, -0.2) is 0 Å². The Morgan fingerprint density at radius 3 is 2.79 bits per heavy atom. The van der Waals surface area contributed by atoms with Crippen LogP contribution in [0, 0.1) is 0 Å². The third kappa shape index (κ3) is 3.28. The minimum atomic E-state index is 0.196. The van der Waals surface area contributed by atoms with Gasteiger partial charge in [-0.1, -0.05) is 12.1 Å². The number of para-hydroxylation sites is 2. The van der Waals surface area contributed by atoms with Gasteiger partial charge in [-0.05, 0) is 32.9 Å². The molecule has 0 aliphatic rings. The molecule has 0 bridgehead atoms. The van der Waals surface area contributed by atoms with Crippen molar-refractivity contribution in [3.05, 3.63) is 42.2 Å². The fraction of sp³-hybridized carbons (Fsp3) is 0.400. The second-order valence-corrected chi connectivity index (χ2v) is 4.42. The summed E-state index contributed by atoms with van der Waals surface area (Å²) in [5, 5.41) is 7.77. The van der Waals surface area contributed by atoms with Crippen LogP contribution in [0.2, 0.25) is 0 Å². The lowest BCUT2D eigenvalue weighted by Gasteiger charge is -2.16. The largest absolute Gasteiger partial charge is 0.492 e. The lowest BCUT2D eigenvalue weighted by molar-refractivity contribution is 0.341. The number of nitrogens with one attached hydrogen (secondary N) is 1. The van der Waals surface area contributed by atoms with Crippen molar-refractivity contribution in [2.75, 3.05) is 11.9 Å². The van der Waals surface area contributed by atoms with Crippen molar-refractivity contribution < 1.29 is 4.74 Å². The molecule has 4 nitrogen and oxygen atoms in total. The quantitative estimate of drug-likeness (QED) is 0.863. The molecule has 0 aliphatic carbocycles. The first-order chi connectivity index (χ1) is 9.24. The average Bonchev–Trinajstić information content (AvgIpc) is 2.90. The highest BCUT2D eigenvalue weighted by atomic mass is 16.5. The molecule has 0 saturated heterocycles. The number of aryl methyl sites for hydroxylation is 1. The molecule has 19 heavy (non-hydrogen) atoms. The Morgan fingerprint density at radius 2 is 2.11 bits per heavy atom. The predicted molar refractivity (Wildman–Crippen MR) is 77.5 cm³/mol. The van der Waals surface area contributed by atoms with E-state index in [4.69, 9.17) is 4.74 Å². The zero-order chi connectivity index (χ0) is 13.7. The van der Waals surface area contributed by atoms with Gasteiger partial charge in [0.15, 0.2) is 0 Å². The summed E-state index contributed by atoms with van der Waals surface area (Å²) >= 11 is 0. The number of aromatic nitrogens is 2. The molecule has 102 valence electrons. The van der Waals surface area contributed by atoms with Crippen molar-refractivity contribution in [3.8, 4) is 5.75 Å². The number of rotatable bonds is 6. The van der Waals surface area contributed by atoms with Gasteiger partial charge in [0.1, 0.15) is 5.75 Å². The summed E-state index contributed by atoms with van der Waals surface area (Å²) in [4.78, 5) is 0. The van der Waals surface area contributed by atoms with Crippen LogP contribution in [0.25, 0.3) is 0 Å². The smallest absolute Gasteiger partial charge is 0.142 e. The van der Waals surface area contributed by atoms with E-state index < -0.39 is 0 Å². The zero-order valence-corrected chi connectivity index (χ0v) is 11.8. The van der Waals surface area contributed by atoms with E-state index in [9.17, 15) is 0 Å². The number of benzene rings is 1. The lowest BCUT2D eigenvalue weighted by atomic mass is 10.1. The zero-order valence-electron chi connectivity index (χ0n) is 11.8. The Morgan fingerprint density at radius 1 is 1.32 bits per heavy atom. The van der Waals surface area contributed by atoms with Crippen LogP contribution in [0.1, 0.15) is 32.4 Å². The molecule has 0 spiro atoms. The van der Waals surface area contributed by atoms with E-state index in [0.717, 1.165) is 18.0 Å². The summed E-state index contributed by atoms with van der Waals surface area (Å²) in [6.07, 6.45) is 3.98. The van der Waals surface area contributed by atoms with E-state index in [1.165, 1.54) is 5.56 Å². The maximum atomic E-state index is 5.62. The molecule has 1 unspecified atom stereocenters. The van der Waals surface area contributed by atoms with Gasteiger partial charge in [-0.2, -0.15) is 5.10 Å². The first-order valence-corrected chi connectivity index (χ1v) is 6.75. The molecule has 4 heteroatoms. The minimum absolute atomic E-state index is 0.196. The lowest BCUT2D eigenvalue weighted by Crippen LogP contribution is -2.07. The Hall–Kier alpha value is -1.97. The molecule has 1 aromatic heterocycles. The van der Waals surface area contributed by atoms with Crippen molar-refractivity contribution in [3.63, 3.8) is 0 Å². The molecule has 1 heterocycles. The number of nitrogens with zero attached hydrogens (tertiary/aromatic N) is 2. The van der Waals surface area contributed by atoms with Crippen LogP contribution in [0.4, 0.5) is 5.69 Å². The van der Waals surface area contributed by atoms with Crippen molar-refractivity contribution in [1.29, 1.82) is 0 Å². The average molecular weight is 259 g/mol.